The Morgan fingerprint density at radius 2 is 2.32 bits per heavy atom. The Hall–Kier alpha value is -1.22. The van der Waals surface area contributed by atoms with E-state index in [1.807, 2.05) is 5.38 Å². The summed E-state index contributed by atoms with van der Waals surface area (Å²) in [6.07, 6.45) is 3.81. The van der Waals surface area contributed by atoms with Gasteiger partial charge in [0.05, 0.1) is 9.90 Å². The number of sulfonamides is 1. The predicted octanol–water partition coefficient (Wildman–Crippen LogP) is 0.712. The van der Waals surface area contributed by atoms with Crippen LogP contribution in [0.15, 0.2) is 28.7 Å². The summed E-state index contributed by atoms with van der Waals surface area (Å²) in [5.74, 6) is 0. The van der Waals surface area contributed by atoms with Crippen molar-refractivity contribution in [1.29, 1.82) is 0 Å². The van der Waals surface area contributed by atoms with E-state index in [2.05, 4.69) is 20.0 Å². The summed E-state index contributed by atoms with van der Waals surface area (Å²) >= 11 is 1.52. The molecule has 2 heterocycles. The van der Waals surface area contributed by atoms with E-state index in [0.29, 0.717) is 19.5 Å². The Bertz CT molecular complexity index is 604. The third-order valence-corrected chi connectivity index (χ3v) is 4.79. The molecule has 0 bridgehead atoms. The zero-order chi connectivity index (χ0) is 13.7. The van der Waals surface area contributed by atoms with Crippen molar-refractivity contribution in [2.24, 2.45) is 0 Å². The first-order valence-corrected chi connectivity index (χ1v) is 8.18. The molecule has 8 heteroatoms. The van der Waals surface area contributed by atoms with E-state index in [1.165, 1.54) is 17.5 Å². The van der Waals surface area contributed by atoms with Crippen LogP contribution >= 0.6 is 11.3 Å². The third-order valence-electron chi connectivity index (χ3n) is 2.51. The van der Waals surface area contributed by atoms with Gasteiger partial charge in [-0.1, -0.05) is 0 Å². The van der Waals surface area contributed by atoms with Crippen LogP contribution in [-0.2, 0) is 23.0 Å². The predicted molar refractivity (Wildman–Crippen MR) is 74.6 cm³/mol. The highest BCUT2D eigenvalue weighted by molar-refractivity contribution is 7.89. The number of hydrogen-bond donors (Lipinski definition) is 3. The first-order chi connectivity index (χ1) is 9.12. The van der Waals surface area contributed by atoms with Crippen LogP contribution in [0.2, 0.25) is 0 Å². The van der Waals surface area contributed by atoms with Gasteiger partial charge < -0.3 is 10.3 Å². The zero-order valence-electron chi connectivity index (χ0n) is 10.5. The molecule has 0 amide bonds. The number of rotatable bonds is 7. The maximum Gasteiger partial charge on any atom is 0.242 e. The average Bonchev–Trinajstić information content (AvgIpc) is 3.00. The second kappa shape index (κ2) is 6.29. The van der Waals surface area contributed by atoms with E-state index in [9.17, 15) is 8.42 Å². The molecule has 0 unspecified atom stereocenters. The largest absolute Gasteiger partial charge is 0.363 e. The summed E-state index contributed by atoms with van der Waals surface area (Å²) in [6, 6.07) is 1.63. The number of nitrogens with one attached hydrogen (secondary N) is 3. The van der Waals surface area contributed by atoms with Gasteiger partial charge in [-0.2, -0.15) is 0 Å². The van der Waals surface area contributed by atoms with Crippen molar-refractivity contribution in [3.63, 3.8) is 0 Å². The number of aromatic amines is 1. The topological polar surface area (TPSA) is 86.9 Å². The van der Waals surface area contributed by atoms with E-state index in [4.69, 9.17) is 0 Å². The van der Waals surface area contributed by atoms with Crippen LogP contribution in [0.1, 0.15) is 10.7 Å². The van der Waals surface area contributed by atoms with Crippen LogP contribution in [0.25, 0.3) is 0 Å². The van der Waals surface area contributed by atoms with Gasteiger partial charge in [0, 0.05) is 43.0 Å². The van der Waals surface area contributed by atoms with Crippen LogP contribution < -0.4 is 10.0 Å². The molecule has 0 aromatic carbocycles. The Balaban J connectivity index is 1.93. The van der Waals surface area contributed by atoms with E-state index < -0.39 is 10.0 Å². The molecule has 3 N–H and O–H groups in total. The first kappa shape index (κ1) is 14.2. The Labute approximate surface area is 116 Å². The molecule has 19 heavy (non-hydrogen) atoms. The lowest BCUT2D eigenvalue weighted by molar-refractivity contribution is 0.581. The minimum Gasteiger partial charge on any atom is -0.363 e. The molecule has 2 aromatic rings. The molecule has 0 atom stereocenters. The fourth-order valence-corrected chi connectivity index (χ4v) is 3.29. The lowest BCUT2D eigenvalue weighted by Crippen LogP contribution is -2.25. The molecule has 2 aromatic heterocycles. The molecule has 0 aliphatic rings. The van der Waals surface area contributed by atoms with Gasteiger partial charge >= 0.3 is 0 Å². The zero-order valence-corrected chi connectivity index (χ0v) is 12.1. The quantitative estimate of drug-likeness (QED) is 0.703. The fraction of sp³-hybridized carbons (Fsp3) is 0.364. The van der Waals surface area contributed by atoms with E-state index in [1.54, 1.807) is 19.3 Å². The fourth-order valence-electron chi connectivity index (χ4n) is 1.62. The van der Waals surface area contributed by atoms with Crippen LogP contribution in [0.5, 0.6) is 0 Å². The van der Waals surface area contributed by atoms with Crippen LogP contribution in [0, 0.1) is 0 Å². The lowest BCUT2D eigenvalue weighted by atomic mass is 10.4. The van der Waals surface area contributed by atoms with Gasteiger partial charge in [0.25, 0.3) is 0 Å². The molecule has 6 nitrogen and oxygen atoms in total. The van der Waals surface area contributed by atoms with Crippen molar-refractivity contribution in [1.82, 2.24) is 20.0 Å². The summed E-state index contributed by atoms with van der Waals surface area (Å²) < 4.78 is 26.6. The molecule has 0 saturated heterocycles. The lowest BCUT2D eigenvalue weighted by Gasteiger charge is -2.03. The van der Waals surface area contributed by atoms with Gasteiger partial charge in [-0.25, -0.2) is 18.1 Å². The maximum atomic E-state index is 12.0. The van der Waals surface area contributed by atoms with Gasteiger partial charge in [-0.3, -0.25) is 0 Å². The van der Waals surface area contributed by atoms with Gasteiger partial charge in [-0.05, 0) is 13.1 Å². The number of H-pyrrole nitrogens is 1. The van der Waals surface area contributed by atoms with Gasteiger partial charge in [0.1, 0.15) is 0 Å². The van der Waals surface area contributed by atoms with Crippen molar-refractivity contribution in [2.75, 3.05) is 13.6 Å². The highest BCUT2D eigenvalue weighted by Gasteiger charge is 2.15. The molecule has 0 aliphatic heterocycles. The second-order valence-electron chi connectivity index (χ2n) is 3.96. The highest BCUT2D eigenvalue weighted by Crippen LogP contribution is 2.11. The minimum atomic E-state index is -3.44. The molecular weight excluding hydrogens is 284 g/mol. The Morgan fingerprint density at radius 1 is 1.47 bits per heavy atom. The first-order valence-electron chi connectivity index (χ1n) is 5.82. The number of aromatic nitrogens is 2. The monoisotopic (exact) mass is 300 g/mol. The van der Waals surface area contributed by atoms with E-state index in [0.717, 1.165) is 10.7 Å². The second-order valence-corrected chi connectivity index (χ2v) is 6.71. The summed E-state index contributed by atoms with van der Waals surface area (Å²) in [7, 11) is -1.64. The van der Waals surface area contributed by atoms with Crippen molar-refractivity contribution < 1.29 is 8.42 Å². The number of hydrogen-bond acceptors (Lipinski definition) is 5. The Morgan fingerprint density at radius 3 is 3.00 bits per heavy atom. The van der Waals surface area contributed by atoms with Gasteiger partial charge in [0.15, 0.2) is 0 Å². The molecule has 0 spiro atoms. The smallest absolute Gasteiger partial charge is 0.242 e. The Kier molecular flexibility index (Phi) is 4.70. The number of thiazole rings is 1. The van der Waals surface area contributed by atoms with Crippen LogP contribution in [0.4, 0.5) is 0 Å². The molecule has 2 rings (SSSR count). The van der Waals surface area contributed by atoms with Gasteiger partial charge in [0.2, 0.25) is 10.0 Å². The average molecular weight is 300 g/mol. The molecule has 0 aliphatic carbocycles. The van der Waals surface area contributed by atoms with Crippen molar-refractivity contribution in [3.8, 4) is 0 Å². The summed E-state index contributed by atoms with van der Waals surface area (Å²) in [5, 5.41) is 5.76. The van der Waals surface area contributed by atoms with E-state index in [-0.39, 0.29) is 4.90 Å². The van der Waals surface area contributed by atoms with Gasteiger partial charge in [-0.15, -0.1) is 11.3 Å². The standard InChI is InChI=1S/C11H16N4O2S2/c1-12-7-9-6-10(8-14-9)19(16,17)15-3-2-11-13-4-5-18-11/h4-6,8,12,14-15H,2-3,7H2,1H3. The van der Waals surface area contributed by atoms with Crippen molar-refractivity contribution in [2.45, 2.75) is 17.9 Å². The highest BCUT2D eigenvalue weighted by atomic mass is 32.2. The summed E-state index contributed by atoms with van der Waals surface area (Å²) in [4.78, 5) is 7.29. The maximum absolute atomic E-state index is 12.0. The van der Waals surface area contributed by atoms with Crippen LogP contribution in [0.3, 0.4) is 0 Å². The molecule has 0 radical (unpaired) electrons. The van der Waals surface area contributed by atoms with Crippen molar-refractivity contribution in [3.05, 3.63) is 34.5 Å². The minimum absolute atomic E-state index is 0.261. The van der Waals surface area contributed by atoms with Crippen molar-refractivity contribution >= 4 is 21.4 Å². The molecular formula is C11H16N4O2S2. The van der Waals surface area contributed by atoms with Crippen LogP contribution in [-0.4, -0.2) is 32.0 Å². The summed E-state index contributed by atoms with van der Waals surface area (Å²) in [6.45, 7) is 0.955. The van der Waals surface area contributed by atoms with E-state index >= 15 is 0 Å². The third kappa shape index (κ3) is 3.87. The molecule has 104 valence electrons. The SMILES string of the molecule is CNCc1cc(S(=O)(=O)NCCc2nccs2)c[nH]1. The normalized spacial score (nSPS) is 11.8. The molecule has 0 saturated carbocycles. The number of nitrogens with zero attached hydrogens (tertiary/aromatic N) is 1. The summed E-state index contributed by atoms with van der Waals surface area (Å²) in [5.41, 5.74) is 0.836. The molecule has 0 fully saturated rings.